The fourth-order valence-corrected chi connectivity index (χ4v) is 1.66. The Kier molecular flexibility index (Phi) is 3.59. The lowest BCUT2D eigenvalue weighted by atomic mass is 10.1. The molecule has 0 atom stereocenters. The van der Waals surface area contributed by atoms with E-state index in [9.17, 15) is 19.2 Å². The third-order valence-electron chi connectivity index (χ3n) is 2.51. The van der Waals surface area contributed by atoms with Crippen molar-refractivity contribution < 1.29 is 19.0 Å². The zero-order valence-electron chi connectivity index (χ0n) is 9.91. The second-order valence-corrected chi connectivity index (χ2v) is 3.74. The van der Waals surface area contributed by atoms with Crippen LogP contribution in [0.1, 0.15) is 0 Å². The first kappa shape index (κ1) is 13.8. The summed E-state index contributed by atoms with van der Waals surface area (Å²) in [6, 6.07) is 2.29. The zero-order valence-corrected chi connectivity index (χ0v) is 9.91. The van der Waals surface area contributed by atoms with Crippen LogP contribution in [0.25, 0.3) is 21.5 Å². The van der Waals surface area contributed by atoms with Gasteiger partial charge in [-0.3, -0.25) is 0 Å². The molecule has 8 nitrogen and oxygen atoms in total. The summed E-state index contributed by atoms with van der Waals surface area (Å²) in [7, 11) is 0. The lowest BCUT2D eigenvalue weighted by Gasteiger charge is -1.84. The highest BCUT2D eigenvalue weighted by molar-refractivity contribution is 5.96. The van der Waals surface area contributed by atoms with E-state index in [1.807, 2.05) is 0 Å². The molecule has 0 saturated carbocycles. The van der Waals surface area contributed by atoms with Crippen LogP contribution in [0, 0.1) is 0 Å². The molecule has 0 fully saturated rings. The van der Waals surface area contributed by atoms with Crippen LogP contribution in [0.2, 0.25) is 0 Å². The summed E-state index contributed by atoms with van der Waals surface area (Å²) in [5.41, 5.74) is -3.30. The average Bonchev–Trinajstić information content (AvgIpc) is 2.87. The smallest absolute Gasteiger partial charge is 0.346 e. The lowest BCUT2D eigenvalue weighted by molar-refractivity contribution is 0.186. The maximum absolute atomic E-state index is 11.2. The van der Waals surface area contributed by atoms with Gasteiger partial charge in [0.25, 0.3) is 0 Å². The minimum Gasteiger partial charge on any atom is -0.394 e. The van der Waals surface area contributed by atoms with E-state index < -0.39 is 22.5 Å². The minimum atomic E-state index is -0.824. The minimum absolute atomic E-state index is 0.0181. The van der Waals surface area contributed by atoms with Gasteiger partial charge in [0.2, 0.25) is 0 Å². The van der Waals surface area contributed by atoms with Gasteiger partial charge in [-0.1, -0.05) is 0 Å². The molecule has 8 heteroatoms. The molecular formula is C12H8O8. The van der Waals surface area contributed by atoms with Crippen LogP contribution >= 0.6 is 0 Å². The Bertz CT molecular complexity index is 803. The van der Waals surface area contributed by atoms with Crippen molar-refractivity contribution in [2.24, 2.45) is 0 Å². The molecule has 0 aliphatic heterocycles. The number of hydrogen-bond acceptors (Lipinski definition) is 8. The summed E-state index contributed by atoms with van der Waals surface area (Å²) in [5.74, 6) is 0. The van der Waals surface area contributed by atoms with Gasteiger partial charge in [-0.15, -0.1) is 0 Å². The van der Waals surface area contributed by atoms with Gasteiger partial charge in [0.05, 0.1) is 34.8 Å². The van der Waals surface area contributed by atoms with Crippen molar-refractivity contribution in [3.8, 4) is 0 Å². The van der Waals surface area contributed by atoms with Crippen LogP contribution in [0.5, 0.6) is 0 Å². The summed E-state index contributed by atoms with van der Waals surface area (Å²) in [4.78, 5) is 44.7. The normalized spacial score (nSPS) is 10.7. The average molecular weight is 280 g/mol. The number of rotatable bonds is 1. The molecule has 0 spiro atoms. The molecule has 3 aromatic rings. The predicted molar refractivity (Wildman–Crippen MR) is 67.6 cm³/mol. The molecule has 0 unspecified atom stereocenters. The first-order valence-corrected chi connectivity index (χ1v) is 5.42. The van der Waals surface area contributed by atoms with Gasteiger partial charge < -0.3 is 19.0 Å². The number of fused-ring (bicyclic) bond motifs is 2. The first-order chi connectivity index (χ1) is 9.49. The Balaban J connectivity index is 0.000000328. The molecule has 20 heavy (non-hydrogen) atoms. The summed E-state index contributed by atoms with van der Waals surface area (Å²) in [6.07, 6.45) is 0. The summed E-state index contributed by atoms with van der Waals surface area (Å²) in [5, 5.41) is 15.2. The maximum atomic E-state index is 11.2. The van der Waals surface area contributed by atoms with Crippen LogP contribution in [0.4, 0.5) is 0 Å². The van der Waals surface area contributed by atoms with Crippen molar-refractivity contribution in [1.29, 1.82) is 0 Å². The summed E-state index contributed by atoms with van der Waals surface area (Å²) in [6.45, 7) is -0.250. The van der Waals surface area contributed by atoms with Crippen molar-refractivity contribution in [3.05, 3.63) is 53.8 Å². The van der Waals surface area contributed by atoms with Gasteiger partial charge in [0.15, 0.2) is 0 Å². The van der Waals surface area contributed by atoms with E-state index in [0.29, 0.717) is 0 Å². The number of furan rings is 2. The molecular weight excluding hydrogens is 272 g/mol. The van der Waals surface area contributed by atoms with E-state index in [1.165, 1.54) is 0 Å². The number of aliphatic hydroxyl groups excluding tert-OH is 2. The fourth-order valence-electron chi connectivity index (χ4n) is 1.66. The molecule has 0 radical (unpaired) electrons. The predicted octanol–water partition coefficient (Wildman–Crippen LogP) is -1.53. The number of hydrogen-bond donors (Lipinski definition) is 2. The van der Waals surface area contributed by atoms with Crippen molar-refractivity contribution in [3.63, 3.8) is 0 Å². The zero-order chi connectivity index (χ0) is 14.9. The molecule has 3 rings (SSSR count). The van der Waals surface area contributed by atoms with Crippen molar-refractivity contribution in [2.75, 3.05) is 13.2 Å². The second kappa shape index (κ2) is 5.19. The van der Waals surface area contributed by atoms with Gasteiger partial charge >= 0.3 is 22.5 Å². The first-order valence-electron chi connectivity index (χ1n) is 5.42. The Hall–Kier alpha value is -2.58. The number of aliphatic hydroxyl groups is 2. The highest BCUT2D eigenvalue weighted by Gasteiger charge is 2.15. The Morgan fingerprint density at radius 2 is 0.900 bits per heavy atom. The highest BCUT2D eigenvalue weighted by atomic mass is 16.4. The van der Waals surface area contributed by atoms with Crippen molar-refractivity contribution in [2.45, 2.75) is 0 Å². The quantitative estimate of drug-likeness (QED) is 0.548. The van der Waals surface area contributed by atoms with Crippen LogP contribution in [0.15, 0.2) is 40.1 Å². The van der Waals surface area contributed by atoms with Crippen molar-refractivity contribution >= 4 is 21.5 Å². The molecule has 2 heterocycles. The largest absolute Gasteiger partial charge is 0.394 e. The van der Waals surface area contributed by atoms with E-state index in [2.05, 4.69) is 8.83 Å². The summed E-state index contributed by atoms with van der Waals surface area (Å²) < 4.78 is 8.68. The topological polar surface area (TPSA) is 135 Å². The molecule has 104 valence electrons. The lowest BCUT2D eigenvalue weighted by Crippen LogP contribution is -1.96. The molecule has 0 saturated heterocycles. The van der Waals surface area contributed by atoms with E-state index >= 15 is 0 Å². The SMILES string of the molecule is O=c1oc(=O)c2cc3c(=O)oc(=O)c3cc12.OCCO. The van der Waals surface area contributed by atoms with Crippen LogP contribution in [0.3, 0.4) is 0 Å². The monoisotopic (exact) mass is 280 g/mol. The third kappa shape index (κ3) is 2.17. The Morgan fingerprint density at radius 1 is 0.650 bits per heavy atom. The Morgan fingerprint density at radius 3 is 1.10 bits per heavy atom. The van der Waals surface area contributed by atoms with Crippen molar-refractivity contribution in [1.82, 2.24) is 0 Å². The molecule has 2 N–H and O–H groups in total. The molecule has 0 bridgehead atoms. The van der Waals surface area contributed by atoms with Crippen LogP contribution < -0.4 is 22.5 Å². The van der Waals surface area contributed by atoms with Gasteiger partial charge in [-0.25, -0.2) is 19.2 Å². The maximum Gasteiger partial charge on any atom is 0.346 e. The van der Waals surface area contributed by atoms with Gasteiger partial charge in [-0.05, 0) is 12.1 Å². The second-order valence-electron chi connectivity index (χ2n) is 3.74. The van der Waals surface area contributed by atoms with E-state index in [4.69, 9.17) is 10.2 Å². The van der Waals surface area contributed by atoms with Gasteiger partial charge in [0.1, 0.15) is 0 Å². The molecule has 0 aliphatic carbocycles. The third-order valence-corrected chi connectivity index (χ3v) is 2.51. The van der Waals surface area contributed by atoms with Crippen LogP contribution in [-0.4, -0.2) is 23.4 Å². The molecule has 1 aromatic carbocycles. The Labute approximate surface area is 108 Å². The molecule has 2 aromatic heterocycles. The number of benzene rings is 1. The summed E-state index contributed by atoms with van der Waals surface area (Å²) >= 11 is 0. The van der Waals surface area contributed by atoms with Gasteiger partial charge in [-0.2, -0.15) is 0 Å². The highest BCUT2D eigenvalue weighted by Crippen LogP contribution is 2.13. The van der Waals surface area contributed by atoms with Gasteiger partial charge in [0, 0.05) is 0 Å². The van der Waals surface area contributed by atoms with Crippen LogP contribution in [-0.2, 0) is 0 Å². The van der Waals surface area contributed by atoms with E-state index in [1.54, 1.807) is 0 Å². The fraction of sp³-hybridized carbons (Fsp3) is 0.167. The van der Waals surface area contributed by atoms with E-state index in [0.717, 1.165) is 12.1 Å². The van der Waals surface area contributed by atoms with E-state index in [-0.39, 0.29) is 34.8 Å². The molecule has 0 amide bonds. The molecule has 0 aliphatic rings. The standard InChI is InChI=1S/C10H2O6.C2H6O2/c11-7-3-1-4-6(10(14)16-8(4)12)2-5(3)9(13)15-7;3-1-2-4/h1-2H;3-4H,1-2H2.